The molecule has 6 heteroatoms. The van der Waals surface area contributed by atoms with Gasteiger partial charge in [0.1, 0.15) is 0 Å². The van der Waals surface area contributed by atoms with Crippen molar-refractivity contribution in [2.24, 2.45) is 7.05 Å². The van der Waals surface area contributed by atoms with Gasteiger partial charge in [-0.3, -0.25) is 4.79 Å². The Morgan fingerprint density at radius 3 is 2.67 bits per heavy atom. The molecule has 1 unspecified atom stereocenters. The molecule has 0 aliphatic carbocycles. The van der Waals surface area contributed by atoms with Gasteiger partial charge in [0.25, 0.3) is 0 Å². The van der Waals surface area contributed by atoms with Gasteiger partial charge in [0.15, 0.2) is 11.0 Å². The summed E-state index contributed by atoms with van der Waals surface area (Å²) >= 11 is 1.57. The predicted octanol–water partition coefficient (Wildman–Crippen LogP) is 3.94. The van der Waals surface area contributed by atoms with Crippen LogP contribution < -0.4 is 4.90 Å². The number of nitrogens with zero attached hydrogens (tertiary/aromatic N) is 4. The maximum absolute atomic E-state index is 12.8. The number of para-hydroxylation sites is 1. The summed E-state index contributed by atoms with van der Waals surface area (Å²) in [7, 11) is 1.96. The molecule has 4 rings (SSSR count). The van der Waals surface area contributed by atoms with Gasteiger partial charge in [0, 0.05) is 36.5 Å². The average Bonchev–Trinajstić information content (AvgIpc) is 3.21. The van der Waals surface area contributed by atoms with Crippen molar-refractivity contribution in [3.05, 3.63) is 60.2 Å². The Morgan fingerprint density at radius 2 is 1.85 bits per heavy atom. The molecule has 0 radical (unpaired) electrons. The summed E-state index contributed by atoms with van der Waals surface area (Å²) in [5, 5.41) is 9.42. The van der Waals surface area contributed by atoms with E-state index in [0.29, 0.717) is 12.2 Å². The number of amides is 1. The summed E-state index contributed by atoms with van der Waals surface area (Å²) in [5.41, 5.74) is 3.36. The molecule has 1 atom stereocenters. The summed E-state index contributed by atoms with van der Waals surface area (Å²) in [4.78, 5) is 14.7. The Morgan fingerprint density at radius 1 is 1.11 bits per heavy atom. The lowest BCUT2D eigenvalue weighted by Crippen LogP contribution is -2.35. The first-order valence-electron chi connectivity index (χ1n) is 9.12. The molecule has 0 spiro atoms. The molecule has 0 bridgehead atoms. The smallest absolute Gasteiger partial charge is 0.228 e. The Balaban J connectivity index is 1.39. The van der Waals surface area contributed by atoms with Gasteiger partial charge in [-0.15, -0.1) is 10.2 Å². The van der Waals surface area contributed by atoms with Gasteiger partial charge in [-0.2, -0.15) is 0 Å². The fourth-order valence-electron chi connectivity index (χ4n) is 3.57. The minimum Gasteiger partial charge on any atom is -0.309 e. The van der Waals surface area contributed by atoms with Crippen molar-refractivity contribution in [2.75, 3.05) is 10.7 Å². The number of carbonyl (C=O) groups is 1. The quantitative estimate of drug-likeness (QED) is 0.631. The fourth-order valence-corrected chi connectivity index (χ4v) is 4.41. The molecular formula is C21H22N4OS. The fraction of sp³-hybridized carbons (Fsp3) is 0.286. The standard InChI is InChI=1S/C21H22N4OS/c1-15-14-17-10-6-7-11-18(17)25(15)19(26)12-13-27-21-23-22-20(24(21)2)16-8-4-3-5-9-16/h3-11,15H,12-14H2,1-2H3. The zero-order chi connectivity index (χ0) is 18.8. The van der Waals surface area contributed by atoms with Crippen LogP contribution >= 0.6 is 11.8 Å². The highest BCUT2D eigenvalue weighted by atomic mass is 32.2. The van der Waals surface area contributed by atoms with Crippen molar-refractivity contribution < 1.29 is 4.79 Å². The minimum absolute atomic E-state index is 0.172. The first kappa shape index (κ1) is 17.8. The highest BCUT2D eigenvalue weighted by Crippen LogP contribution is 2.32. The largest absolute Gasteiger partial charge is 0.309 e. The van der Waals surface area contributed by atoms with Crippen molar-refractivity contribution in [3.8, 4) is 11.4 Å². The van der Waals surface area contributed by atoms with Crippen LogP contribution in [0.25, 0.3) is 11.4 Å². The third-order valence-electron chi connectivity index (χ3n) is 4.89. The number of thioether (sulfide) groups is 1. The number of hydrogen-bond acceptors (Lipinski definition) is 4. The summed E-state index contributed by atoms with van der Waals surface area (Å²) < 4.78 is 1.98. The molecule has 138 valence electrons. The van der Waals surface area contributed by atoms with E-state index in [0.717, 1.165) is 28.7 Å². The van der Waals surface area contributed by atoms with Crippen molar-refractivity contribution in [1.29, 1.82) is 0 Å². The van der Waals surface area contributed by atoms with Gasteiger partial charge in [0.05, 0.1) is 0 Å². The highest BCUT2D eigenvalue weighted by Gasteiger charge is 2.30. The van der Waals surface area contributed by atoms with Gasteiger partial charge in [-0.1, -0.05) is 60.3 Å². The minimum atomic E-state index is 0.172. The molecule has 0 fully saturated rings. The zero-order valence-electron chi connectivity index (χ0n) is 15.5. The third-order valence-corrected chi connectivity index (χ3v) is 5.91. The van der Waals surface area contributed by atoms with E-state index in [4.69, 9.17) is 0 Å². The molecule has 1 aromatic heterocycles. The Labute approximate surface area is 163 Å². The number of hydrogen-bond donors (Lipinski definition) is 0. The van der Waals surface area contributed by atoms with Crippen LogP contribution in [0, 0.1) is 0 Å². The van der Waals surface area contributed by atoms with Gasteiger partial charge >= 0.3 is 0 Å². The van der Waals surface area contributed by atoms with Crippen LogP contribution in [0.4, 0.5) is 5.69 Å². The average molecular weight is 379 g/mol. The SMILES string of the molecule is CC1Cc2ccccc2N1C(=O)CCSc1nnc(-c2ccccc2)n1C. The van der Waals surface area contributed by atoms with E-state index in [-0.39, 0.29) is 11.9 Å². The van der Waals surface area contributed by atoms with Crippen LogP contribution in [0.3, 0.4) is 0 Å². The van der Waals surface area contributed by atoms with Crippen LogP contribution in [0.2, 0.25) is 0 Å². The van der Waals surface area contributed by atoms with E-state index >= 15 is 0 Å². The first-order chi connectivity index (χ1) is 13.1. The van der Waals surface area contributed by atoms with Crippen LogP contribution in [0.1, 0.15) is 18.9 Å². The summed E-state index contributed by atoms with van der Waals surface area (Å²) in [6.07, 6.45) is 1.41. The molecule has 1 aliphatic rings. The molecule has 1 aliphatic heterocycles. The first-order valence-corrected chi connectivity index (χ1v) is 10.1. The second kappa shape index (κ2) is 7.56. The Bertz CT molecular complexity index is 954. The molecular weight excluding hydrogens is 356 g/mol. The highest BCUT2D eigenvalue weighted by molar-refractivity contribution is 7.99. The molecule has 0 N–H and O–H groups in total. The van der Waals surface area contributed by atoms with Crippen molar-refractivity contribution in [2.45, 2.75) is 31.0 Å². The number of carbonyl (C=O) groups excluding carboxylic acids is 1. The lowest BCUT2D eigenvalue weighted by molar-refractivity contribution is -0.118. The monoisotopic (exact) mass is 378 g/mol. The summed E-state index contributed by atoms with van der Waals surface area (Å²) in [6.45, 7) is 2.11. The number of aromatic nitrogens is 3. The number of fused-ring (bicyclic) bond motifs is 1. The van der Waals surface area contributed by atoms with Crippen molar-refractivity contribution in [3.63, 3.8) is 0 Å². The van der Waals surface area contributed by atoms with Gasteiger partial charge in [0.2, 0.25) is 5.91 Å². The van der Waals surface area contributed by atoms with Crippen molar-refractivity contribution in [1.82, 2.24) is 14.8 Å². The number of rotatable bonds is 5. The van der Waals surface area contributed by atoms with Crippen molar-refractivity contribution >= 4 is 23.4 Å². The van der Waals surface area contributed by atoms with E-state index in [1.54, 1.807) is 11.8 Å². The number of benzene rings is 2. The van der Waals surface area contributed by atoms with E-state index < -0.39 is 0 Å². The second-order valence-electron chi connectivity index (χ2n) is 6.78. The Kier molecular flexibility index (Phi) is 4.99. The predicted molar refractivity (Wildman–Crippen MR) is 109 cm³/mol. The molecule has 3 aromatic rings. The molecule has 0 saturated heterocycles. The third kappa shape index (κ3) is 3.49. The molecule has 2 heterocycles. The number of anilines is 1. The lowest BCUT2D eigenvalue weighted by atomic mass is 10.1. The van der Waals surface area contributed by atoms with Crippen LogP contribution in [-0.2, 0) is 18.3 Å². The maximum atomic E-state index is 12.8. The summed E-state index contributed by atoms with van der Waals surface area (Å²) in [5.74, 6) is 1.70. The van der Waals surface area contributed by atoms with E-state index in [9.17, 15) is 4.79 Å². The topological polar surface area (TPSA) is 51.0 Å². The Hall–Kier alpha value is -2.60. The summed E-state index contributed by atoms with van der Waals surface area (Å²) in [6, 6.07) is 18.4. The lowest BCUT2D eigenvalue weighted by Gasteiger charge is -2.22. The van der Waals surface area contributed by atoms with E-state index in [1.165, 1.54) is 5.56 Å². The van der Waals surface area contributed by atoms with Crippen LogP contribution in [-0.4, -0.2) is 32.5 Å². The maximum Gasteiger partial charge on any atom is 0.228 e. The van der Waals surface area contributed by atoms with Crippen LogP contribution in [0.5, 0.6) is 0 Å². The van der Waals surface area contributed by atoms with E-state index in [1.807, 2.05) is 65.0 Å². The molecule has 0 saturated carbocycles. The zero-order valence-corrected chi connectivity index (χ0v) is 16.3. The van der Waals surface area contributed by atoms with Gasteiger partial charge in [-0.25, -0.2) is 0 Å². The van der Waals surface area contributed by atoms with Gasteiger partial charge in [-0.05, 0) is 25.0 Å². The van der Waals surface area contributed by atoms with Crippen LogP contribution in [0.15, 0.2) is 59.8 Å². The normalized spacial score (nSPS) is 15.8. The molecule has 5 nitrogen and oxygen atoms in total. The molecule has 2 aromatic carbocycles. The molecule has 27 heavy (non-hydrogen) atoms. The van der Waals surface area contributed by atoms with Gasteiger partial charge < -0.3 is 9.47 Å². The van der Waals surface area contributed by atoms with E-state index in [2.05, 4.69) is 23.2 Å². The second-order valence-corrected chi connectivity index (χ2v) is 7.84. The molecule has 1 amide bonds.